The van der Waals surface area contributed by atoms with Crippen LogP contribution in [-0.4, -0.2) is 86.8 Å². The maximum atomic E-state index is 14.7. The predicted molar refractivity (Wildman–Crippen MR) is 394 cm³/mol. The lowest BCUT2D eigenvalue weighted by Gasteiger charge is -2.08. The van der Waals surface area contributed by atoms with E-state index in [1.165, 1.54) is 97.1 Å². The zero-order valence-corrected chi connectivity index (χ0v) is 63.6. The van der Waals surface area contributed by atoms with Crippen LogP contribution in [-0.2, 0) is 0 Å². The van der Waals surface area contributed by atoms with Gasteiger partial charge in [0, 0.05) is 51.3 Å². The average Bonchev–Trinajstić information content (AvgIpc) is 1.60. The van der Waals surface area contributed by atoms with Crippen molar-refractivity contribution >= 4 is 148 Å². The van der Waals surface area contributed by atoms with Crippen molar-refractivity contribution in [2.45, 2.75) is 0 Å². The molecule has 112 heavy (non-hydrogen) atoms. The van der Waals surface area contributed by atoms with Crippen LogP contribution in [0.1, 0.15) is 91.5 Å². The van der Waals surface area contributed by atoms with Gasteiger partial charge in [-0.15, -0.1) is 0 Å². The van der Waals surface area contributed by atoms with Crippen molar-refractivity contribution in [1.82, 2.24) is 19.9 Å². The summed E-state index contributed by atoms with van der Waals surface area (Å²) < 4.78 is 199. The van der Waals surface area contributed by atoms with E-state index >= 15 is 0 Å². The van der Waals surface area contributed by atoms with Crippen molar-refractivity contribution in [1.29, 1.82) is 5.26 Å². The number of nitrogens with one attached hydrogen (secondary N) is 4. The van der Waals surface area contributed by atoms with Gasteiger partial charge in [-0.05, 0) is 141 Å². The van der Waals surface area contributed by atoms with Crippen molar-refractivity contribution < 1.29 is 101 Å². The Morgan fingerprint density at radius 2 is 0.741 bits per heavy atom. The summed E-state index contributed by atoms with van der Waals surface area (Å²) in [5, 5.41) is 50.1. The van der Waals surface area contributed by atoms with Crippen molar-refractivity contribution in [3.8, 4) is 74.6 Å². The van der Waals surface area contributed by atoms with Gasteiger partial charge in [-0.1, -0.05) is 63.7 Å². The number of aliphatic imine (C=N–C) groups is 4. The summed E-state index contributed by atoms with van der Waals surface area (Å²) in [5.41, 5.74) is -6.90. The number of amides is 4. The van der Waals surface area contributed by atoms with Gasteiger partial charge in [-0.3, -0.25) is 19.2 Å². The number of aromatic hydroxyl groups is 4. The molecule has 4 amide bonds. The van der Waals surface area contributed by atoms with Gasteiger partial charge in [-0.25, -0.2) is 86.3 Å². The first-order valence-corrected chi connectivity index (χ1v) is 35.4. The molecule has 12 aromatic rings. The van der Waals surface area contributed by atoms with Gasteiger partial charge in [0.1, 0.15) is 52.4 Å². The second kappa shape index (κ2) is 30.2. The predicted octanol–water partition coefficient (Wildman–Crippen LogP) is 20.5. The SMILES string of the molecule is O=C1N=C(c2cc(F)ccc2Br)c2c(O)[nH]c(-c3cc(F)ccc3Br)c21.O=C1N=C(c2ccc(Br)cc2F)c2c(O)[nH]c(-c3ccc(Br)cc3F)c21.O=C1N=C(c2ccc(F)c(Br)c2)c2c(O)[nH]c(-c3ccc(F)c(Br)c3)c21.[C-]#[N+]c1c(F)c(F)c(F)c(-c2[nH]c(O)c3c2C(=O)N=C3c2c(F)c(F)c(F)c(C#N)c2F)c1F. The molecule has 0 atom stereocenters. The van der Waals surface area contributed by atoms with Crippen molar-refractivity contribution in [2.75, 3.05) is 0 Å². The standard InChI is InChI=1S/C20H2F8N4O2.3C18H8Br2F2N2O2/c1-30-18-12(25)7(11(24)14(27)15(18)28)17-5-4(19(33)32-17)16(31-20(5)34)6-8(21)3(2-29)9(22)13(26)10(6)23;19-11-3-1-7(21)5-9(11)15-13-14(18(26)23-15)16(24-17(13)25)10-6-8(22)2-4-12(10)20;19-9-5-7(1-3-11(9)21)15-13-14(18(26)23-15)16(24-17(13)25)8-2-4-12(22)10(20)6-8;19-7-1-3-9(11(21)5-7)15-13-14(18(26)23-15)16(24-17(13)25)10-4-2-8(20)6-12(10)22/h32-33H;3*1-6,23,26H. The third kappa shape index (κ3) is 13.5. The summed E-state index contributed by atoms with van der Waals surface area (Å²) in [6.07, 6.45) is 0. The van der Waals surface area contributed by atoms with Gasteiger partial charge in [0.25, 0.3) is 29.3 Å². The van der Waals surface area contributed by atoms with Gasteiger partial charge >= 0.3 is 0 Å². The van der Waals surface area contributed by atoms with Crippen LogP contribution in [0, 0.1) is 99.3 Å². The highest BCUT2D eigenvalue weighted by atomic mass is 79.9. The molecule has 4 aliphatic heterocycles. The van der Waals surface area contributed by atoms with Gasteiger partial charge in [0.05, 0.1) is 117 Å². The number of aromatic nitrogens is 4. The average molecular weight is 1930 g/mol. The Kier molecular flexibility index (Phi) is 21.1. The molecule has 8 N–H and O–H groups in total. The highest BCUT2D eigenvalue weighted by Crippen LogP contribution is 2.47. The highest BCUT2D eigenvalue weighted by molar-refractivity contribution is 9.11. The minimum atomic E-state index is -2.33. The Morgan fingerprint density at radius 3 is 1.26 bits per heavy atom. The normalized spacial score (nSPS) is 12.9. The van der Waals surface area contributed by atoms with Crippen molar-refractivity contribution in [3.05, 3.63) is 301 Å². The first kappa shape index (κ1) is 78.4. The van der Waals surface area contributed by atoms with E-state index < -0.39 is 156 Å². The number of aromatic amines is 4. The lowest BCUT2D eigenvalue weighted by Crippen LogP contribution is -2.13. The van der Waals surface area contributed by atoms with Gasteiger partial charge < -0.3 is 40.4 Å². The molecule has 0 unspecified atom stereocenters. The number of carbonyl (C=O) groups excluding carboxylic acids is 4. The van der Waals surface area contributed by atoms with Gasteiger partial charge in [-0.2, -0.15) is 5.26 Å². The van der Waals surface area contributed by atoms with E-state index in [-0.39, 0.29) is 99.6 Å². The van der Waals surface area contributed by atoms with Gasteiger partial charge in [0.15, 0.2) is 64.2 Å². The molecule has 0 saturated heterocycles. The fourth-order valence-electron chi connectivity index (χ4n) is 12.1. The number of H-pyrrole nitrogens is 4. The Hall–Kier alpha value is -11.7. The number of halogens is 20. The Balaban J connectivity index is 0.000000132. The van der Waals surface area contributed by atoms with E-state index in [0.29, 0.717) is 45.8 Å². The molecule has 0 aliphatic carbocycles. The molecule has 8 aromatic carbocycles. The Bertz CT molecular complexity index is 6500. The van der Waals surface area contributed by atoms with Crippen LogP contribution in [0.25, 0.3) is 49.9 Å². The fraction of sp³-hybridized carbons (Fsp3) is 0. The molecule has 560 valence electrons. The monoisotopic (exact) mass is 1920 g/mol. The van der Waals surface area contributed by atoms with Gasteiger partial charge in [0.2, 0.25) is 0 Å². The number of fused-ring (bicyclic) bond motifs is 4. The minimum absolute atomic E-state index is 0.00696. The van der Waals surface area contributed by atoms with E-state index in [4.69, 9.17) is 11.8 Å². The molecule has 18 nitrogen and oxygen atoms in total. The van der Waals surface area contributed by atoms with Crippen LogP contribution < -0.4 is 0 Å². The number of rotatable bonds is 8. The molecule has 0 radical (unpaired) electrons. The molecule has 4 aromatic heterocycles. The summed E-state index contributed by atoms with van der Waals surface area (Å²) >= 11 is 19.1. The molecule has 16 rings (SSSR count). The third-order valence-corrected chi connectivity index (χ3v) is 20.5. The topological polar surface area (TPSA) is 290 Å². The first-order valence-electron chi connectivity index (χ1n) is 30.6. The second-order valence-electron chi connectivity index (χ2n) is 23.4. The lowest BCUT2D eigenvalue weighted by molar-refractivity contribution is 0.0998. The quantitative estimate of drug-likeness (QED) is 0.0310. The molecular formula is C74H26Br6F14N10O8. The molecule has 4 aliphatic rings. The number of nitrogens with zero attached hydrogens (tertiary/aromatic N) is 6. The summed E-state index contributed by atoms with van der Waals surface area (Å²) in [4.78, 5) is 77.2. The molecule has 0 spiro atoms. The maximum Gasteiger partial charge on any atom is 0.280 e. The molecule has 8 heterocycles. The zero-order valence-electron chi connectivity index (χ0n) is 54.1. The van der Waals surface area contributed by atoms with Crippen molar-refractivity contribution in [3.63, 3.8) is 0 Å². The van der Waals surface area contributed by atoms with E-state index in [0.717, 1.165) is 6.07 Å². The van der Waals surface area contributed by atoms with Crippen LogP contribution in [0.3, 0.4) is 0 Å². The van der Waals surface area contributed by atoms with Crippen LogP contribution in [0.4, 0.5) is 67.2 Å². The molecule has 38 heteroatoms. The number of hydrogen-bond donors (Lipinski definition) is 8. The number of nitriles is 1. The van der Waals surface area contributed by atoms with Crippen LogP contribution in [0.15, 0.2) is 156 Å². The summed E-state index contributed by atoms with van der Waals surface area (Å²) in [6.45, 7) is 6.75. The van der Waals surface area contributed by atoms with Crippen molar-refractivity contribution in [2.24, 2.45) is 20.0 Å². The number of carbonyl (C=O) groups is 4. The lowest BCUT2D eigenvalue weighted by atomic mass is 9.97. The summed E-state index contributed by atoms with van der Waals surface area (Å²) in [5.74, 6) is -26.1. The number of benzene rings is 8. The minimum Gasteiger partial charge on any atom is -0.494 e. The largest absolute Gasteiger partial charge is 0.494 e. The summed E-state index contributed by atoms with van der Waals surface area (Å²) in [7, 11) is 0. The molecule has 0 fully saturated rings. The first-order chi connectivity index (χ1) is 53.1. The van der Waals surface area contributed by atoms with Crippen LogP contribution in [0.2, 0.25) is 0 Å². The zero-order chi connectivity index (χ0) is 81.0. The Labute approximate surface area is 664 Å². The summed E-state index contributed by atoms with van der Waals surface area (Å²) in [6, 6.07) is 26.0. The van der Waals surface area contributed by atoms with Crippen LogP contribution >= 0.6 is 95.6 Å². The van der Waals surface area contributed by atoms with E-state index in [1.807, 2.05) is 4.98 Å². The number of hydrogen-bond acceptors (Lipinski definition) is 9. The van der Waals surface area contributed by atoms with Crippen LogP contribution in [0.5, 0.6) is 23.5 Å². The maximum absolute atomic E-state index is 14.7. The Morgan fingerprint density at radius 1 is 0.339 bits per heavy atom. The van der Waals surface area contributed by atoms with E-state index in [2.05, 4.69) is 135 Å². The van der Waals surface area contributed by atoms with E-state index in [1.54, 1.807) is 12.1 Å². The fourth-order valence-corrected chi connectivity index (χ4v) is 14.4. The highest BCUT2D eigenvalue weighted by Gasteiger charge is 2.43. The third-order valence-electron chi connectivity index (χ3n) is 17.0. The molecule has 0 bridgehead atoms. The second-order valence-corrected chi connectivity index (χ2v) is 28.7. The smallest absolute Gasteiger partial charge is 0.280 e. The molecule has 0 saturated carbocycles. The van der Waals surface area contributed by atoms with E-state index in [9.17, 15) is 101 Å². The molecular weight excluding hydrogens is 1900 g/mol.